The zero-order valence-corrected chi connectivity index (χ0v) is 14.3. The summed E-state index contributed by atoms with van der Waals surface area (Å²) in [5.74, 6) is 1.05. The molecule has 128 valence electrons. The normalized spacial score (nSPS) is 22.0. The third-order valence-electron chi connectivity index (χ3n) is 4.74. The number of rotatable bonds is 4. The summed E-state index contributed by atoms with van der Waals surface area (Å²) in [5, 5.41) is 12.8. The third kappa shape index (κ3) is 3.32. The first-order valence-corrected chi connectivity index (χ1v) is 9.44. The molecule has 2 aromatic rings. The summed E-state index contributed by atoms with van der Waals surface area (Å²) in [5.41, 5.74) is 1.06. The molecule has 2 aliphatic rings. The predicted octanol–water partition coefficient (Wildman–Crippen LogP) is 2.40. The van der Waals surface area contributed by atoms with E-state index in [1.807, 2.05) is 6.07 Å². The largest absolute Gasteiger partial charge is 0.368 e. The summed E-state index contributed by atoms with van der Waals surface area (Å²) < 4.78 is 5.45. The van der Waals surface area contributed by atoms with Crippen LogP contribution in [-0.2, 0) is 9.53 Å². The van der Waals surface area contributed by atoms with Gasteiger partial charge in [-0.25, -0.2) is 0 Å². The third-order valence-corrected chi connectivity index (χ3v) is 5.64. The van der Waals surface area contributed by atoms with Crippen molar-refractivity contribution in [2.24, 2.45) is 0 Å². The van der Waals surface area contributed by atoms with Crippen LogP contribution in [0.5, 0.6) is 0 Å². The molecule has 7 heteroatoms. The Balaban J connectivity index is 1.30. The van der Waals surface area contributed by atoms with Gasteiger partial charge in [-0.2, -0.15) is 5.10 Å². The number of hydrogen-bond acceptors (Lipinski definition) is 5. The lowest BCUT2D eigenvalue weighted by molar-refractivity contribution is -0.130. The molecular formula is C17H22N4O2S. The molecule has 2 fully saturated rings. The quantitative estimate of drug-likeness (QED) is 0.892. The Bertz CT molecular complexity index is 671. The number of nitrogens with zero attached hydrogens (tertiary/aromatic N) is 2. The Morgan fingerprint density at radius 3 is 2.96 bits per heavy atom. The van der Waals surface area contributed by atoms with Crippen molar-refractivity contribution < 1.29 is 9.53 Å². The topological polar surface area (TPSA) is 70.2 Å². The van der Waals surface area contributed by atoms with Crippen molar-refractivity contribution in [1.82, 2.24) is 15.5 Å². The van der Waals surface area contributed by atoms with Gasteiger partial charge in [-0.05, 0) is 37.1 Å². The summed E-state index contributed by atoms with van der Waals surface area (Å²) in [4.78, 5) is 15.6. The average Bonchev–Trinajstić information content (AvgIpc) is 3.35. The molecule has 6 nitrogen and oxygen atoms in total. The number of carbonyl (C=O) groups excluding carboxylic acids is 1. The highest BCUT2D eigenvalue weighted by atomic mass is 32.1. The second-order valence-electron chi connectivity index (χ2n) is 6.39. The second-order valence-corrected chi connectivity index (χ2v) is 7.34. The number of carbonyl (C=O) groups is 1. The summed E-state index contributed by atoms with van der Waals surface area (Å²) >= 11 is 1.71. The molecule has 0 unspecified atom stereocenters. The first kappa shape index (κ1) is 15.7. The van der Waals surface area contributed by atoms with Crippen LogP contribution >= 0.6 is 11.3 Å². The predicted molar refractivity (Wildman–Crippen MR) is 94.3 cm³/mol. The number of aromatic amines is 1. The van der Waals surface area contributed by atoms with Gasteiger partial charge in [0.2, 0.25) is 5.91 Å². The van der Waals surface area contributed by atoms with E-state index in [0.717, 1.165) is 50.3 Å². The van der Waals surface area contributed by atoms with Crippen LogP contribution in [0.4, 0.5) is 5.82 Å². The average molecular weight is 346 g/mol. The number of nitrogens with one attached hydrogen (secondary N) is 2. The van der Waals surface area contributed by atoms with E-state index in [1.165, 1.54) is 4.88 Å². The van der Waals surface area contributed by atoms with Crippen LogP contribution in [-0.4, -0.2) is 47.9 Å². The van der Waals surface area contributed by atoms with Crippen LogP contribution in [0.3, 0.4) is 0 Å². The van der Waals surface area contributed by atoms with Crippen molar-refractivity contribution in [3.05, 3.63) is 23.6 Å². The van der Waals surface area contributed by atoms with Gasteiger partial charge in [0.25, 0.3) is 0 Å². The molecule has 2 aromatic heterocycles. The van der Waals surface area contributed by atoms with Gasteiger partial charge in [0.1, 0.15) is 6.10 Å². The summed E-state index contributed by atoms with van der Waals surface area (Å²) in [6, 6.07) is 6.49. The van der Waals surface area contributed by atoms with Gasteiger partial charge >= 0.3 is 0 Å². The van der Waals surface area contributed by atoms with Gasteiger partial charge in [-0.3, -0.25) is 9.89 Å². The molecule has 0 radical (unpaired) electrons. The Morgan fingerprint density at radius 2 is 2.25 bits per heavy atom. The molecule has 24 heavy (non-hydrogen) atoms. The maximum atomic E-state index is 12.1. The summed E-state index contributed by atoms with van der Waals surface area (Å²) in [6.07, 6.45) is 3.49. The van der Waals surface area contributed by atoms with Gasteiger partial charge in [-0.15, -0.1) is 11.3 Å². The first-order valence-electron chi connectivity index (χ1n) is 8.56. The van der Waals surface area contributed by atoms with Crippen LogP contribution in [0.15, 0.2) is 23.6 Å². The van der Waals surface area contributed by atoms with Crippen molar-refractivity contribution in [2.75, 3.05) is 24.6 Å². The highest BCUT2D eigenvalue weighted by Crippen LogP contribution is 2.27. The second kappa shape index (κ2) is 6.94. The Labute approximate surface area is 145 Å². The van der Waals surface area contributed by atoms with Crippen LogP contribution < -0.4 is 10.2 Å². The SMILES string of the molecule is O=C(NC1CCN(c2cc(-c3cccs3)[nH]n2)CC1)[C@@H]1CCCO1. The van der Waals surface area contributed by atoms with Crippen molar-refractivity contribution >= 4 is 23.1 Å². The minimum Gasteiger partial charge on any atom is -0.368 e. The lowest BCUT2D eigenvalue weighted by atomic mass is 10.0. The van der Waals surface area contributed by atoms with Gasteiger partial charge < -0.3 is 15.0 Å². The molecule has 0 aliphatic carbocycles. The Morgan fingerprint density at radius 1 is 1.38 bits per heavy atom. The lowest BCUT2D eigenvalue weighted by Crippen LogP contribution is -2.47. The molecule has 1 amide bonds. The number of H-pyrrole nitrogens is 1. The van der Waals surface area contributed by atoms with E-state index in [0.29, 0.717) is 6.61 Å². The minimum absolute atomic E-state index is 0.0608. The standard InChI is InChI=1S/C17H22N4O2S/c22-17(14-3-1-9-23-14)18-12-5-7-21(8-6-12)16-11-13(19-20-16)15-4-2-10-24-15/h2,4,10-12,14H,1,3,5-9H2,(H,18,22)(H,19,20)/t14-/m0/s1. The fourth-order valence-corrected chi connectivity index (χ4v) is 4.06. The van der Waals surface area contributed by atoms with Crippen molar-refractivity contribution in [1.29, 1.82) is 0 Å². The maximum absolute atomic E-state index is 12.1. The number of thiophene rings is 1. The number of hydrogen-bond donors (Lipinski definition) is 2. The van der Waals surface area contributed by atoms with Crippen molar-refractivity contribution in [3.8, 4) is 10.6 Å². The molecule has 2 N–H and O–H groups in total. The van der Waals surface area contributed by atoms with Gasteiger partial charge in [0, 0.05) is 31.8 Å². The zero-order valence-electron chi connectivity index (χ0n) is 13.5. The zero-order chi connectivity index (χ0) is 16.4. The number of ether oxygens (including phenoxy) is 1. The highest BCUT2D eigenvalue weighted by Gasteiger charge is 2.28. The van der Waals surface area contributed by atoms with Gasteiger partial charge in [0.15, 0.2) is 5.82 Å². The smallest absolute Gasteiger partial charge is 0.249 e. The van der Waals surface area contributed by atoms with Gasteiger partial charge in [0.05, 0.1) is 10.6 Å². The molecule has 4 rings (SSSR count). The molecule has 1 atom stereocenters. The lowest BCUT2D eigenvalue weighted by Gasteiger charge is -2.32. The van der Waals surface area contributed by atoms with E-state index in [-0.39, 0.29) is 18.1 Å². The molecule has 2 aliphatic heterocycles. The Kier molecular flexibility index (Phi) is 4.53. The molecule has 0 spiro atoms. The van der Waals surface area contributed by atoms with Crippen molar-refractivity contribution in [3.63, 3.8) is 0 Å². The number of piperidine rings is 1. The Hall–Kier alpha value is -1.86. The van der Waals surface area contributed by atoms with E-state index >= 15 is 0 Å². The molecular weight excluding hydrogens is 324 g/mol. The molecule has 0 saturated carbocycles. The van der Waals surface area contributed by atoms with Crippen molar-refractivity contribution in [2.45, 2.75) is 37.8 Å². The number of amides is 1. The van der Waals surface area contributed by atoms with E-state index in [4.69, 9.17) is 4.74 Å². The summed E-state index contributed by atoms with van der Waals surface area (Å²) in [7, 11) is 0. The number of aromatic nitrogens is 2. The highest BCUT2D eigenvalue weighted by molar-refractivity contribution is 7.13. The number of anilines is 1. The molecule has 0 aromatic carbocycles. The molecule has 2 saturated heterocycles. The first-order chi connectivity index (χ1) is 11.8. The van der Waals surface area contributed by atoms with Crippen LogP contribution in [0.1, 0.15) is 25.7 Å². The minimum atomic E-state index is -0.234. The van der Waals surface area contributed by atoms with Gasteiger partial charge in [-0.1, -0.05) is 6.07 Å². The van der Waals surface area contributed by atoms with E-state index in [2.05, 4.69) is 37.9 Å². The molecule has 4 heterocycles. The maximum Gasteiger partial charge on any atom is 0.249 e. The van der Waals surface area contributed by atoms with Crippen LogP contribution in [0.25, 0.3) is 10.6 Å². The van der Waals surface area contributed by atoms with E-state index < -0.39 is 0 Å². The fourth-order valence-electron chi connectivity index (χ4n) is 3.36. The summed E-state index contributed by atoms with van der Waals surface area (Å²) in [6.45, 7) is 2.53. The fraction of sp³-hybridized carbons (Fsp3) is 0.529. The van der Waals surface area contributed by atoms with E-state index in [1.54, 1.807) is 11.3 Å². The van der Waals surface area contributed by atoms with E-state index in [9.17, 15) is 4.79 Å². The molecule has 0 bridgehead atoms. The van der Waals surface area contributed by atoms with Crippen LogP contribution in [0, 0.1) is 0 Å². The monoisotopic (exact) mass is 346 g/mol. The van der Waals surface area contributed by atoms with Crippen LogP contribution in [0.2, 0.25) is 0 Å².